The maximum Gasteiger partial charge on any atom is 0.241 e. The molecule has 5 aromatic rings. The third-order valence-corrected chi connectivity index (χ3v) is 8.49. The molecule has 5 heterocycles. The molecule has 0 unspecified atom stereocenters. The van der Waals surface area contributed by atoms with Crippen LogP contribution in [0.5, 0.6) is 5.88 Å². The molecule has 0 bridgehead atoms. The summed E-state index contributed by atoms with van der Waals surface area (Å²) >= 11 is 5.90. The third-order valence-electron chi connectivity index (χ3n) is 6.26. The number of hydrogen-bond acceptors (Lipinski definition) is 11. The van der Waals surface area contributed by atoms with Crippen LogP contribution in [0.25, 0.3) is 22.6 Å². The lowest BCUT2D eigenvalue weighted by atomic mass is 10.2. The van der Waals surface area contributed by atoms with Crippen LogP contribution in [0.4, 0.5) is 0 Å². The number of hydrogen-bond donors (Lipinski definition) is 0. The maximum atomic E-state index is 13.7. The van der Waals surface area contributed by atoms with Gasteiger partial charge in [-0.1, -0.05) is 17.7 Å². The van der Waals surface area contributed by atoms with Crippen LogP contribution in [0.2, 0.25) is 5.02 Å². The number of pyridine rings is 1. The van der Waals surface area contributed by atoms with E-state index in [4.69, 9.17) is 21.1 Å². The number of ether oxygens (including phenoxy) is 2. The van der Waals surface area contributed by atoms with E-state index in [1.54, 1.807) is 28.4 Å². The summed E-state index contributed by atoms with van der Waals surface area (Å²) in [6.07, 6.45) is 6.64. The normalized spacial score (nSPS) is 13.5. The van der Waals surface area contributed by atoms with Crippen molar-refractivity contribution < 1.29 is 17.9 Å². The summed E-state index contributed by atoms with van der Waals surface area (Å²) in [5.41, 5.74) is 2.34. The monoisotopic (exact) mass is 569 g/mol. The summed E-state index contributed by atoms with van der Waals surface area (Å²) in [5, 5.41) is 12.4. The summed E-state index contributed by atoms with van der Waals surface area (Å²) < 4.78 is 41.8. The summed E-state index contributed by atoms with van der Waals surface area (Å²) in [6, 6.07) is 5.60. The van der Waals surface area contributed by atoms with Gasteiger partial charge in [0.1, 0.15) is 23.9 Å². The Morgan fingerprint density at radius 1 is 1.05 bits per heavy atom. The Hall–Kier alpha value is -4.01. The van der Waals surface area contributed by atoms with Crippen LogP contribution in [-0.2, 0) is 20.3 Å². The van der Waals surface area contributed by atoms with E-state index in [1.807, 2.05) is 18.2 Å². The molecule has 0 aliphatic heterocycles. The standard InChI is InChI=1S/C24H24ClN9O4S/c1-14-20(24(38-4)29-13-28-14)34-19(31-32-23(34)17-11-30-33-8-6-5-7-18(17)33)12-39(35,36)15(2)21(37-3)22-26-9-16(25)10-27-22/h5-11,13,15,21H,12H2,1-4H3/t15-,21-/m0/s1. The minimum Gasteiger partial charge on any atom is -0.479 e. The molecule has 5 aromatic heterocycles. The summed E-state index contributed by atoms with van der Waals surface area (Å²) in [7, 11) is -1.04. The number of fused-ring (bicyclic) bond motifs is 1. The Balaban J connectivity index is 1.64. The van der Waals surface area contributed by atoms with Crippen LogP contribution in [0.1, 0.15) is 30.4 Å². The molecule has 0 aromatic carbocycles. The summed E-state index contributed by atoms with van der Waals surface area (Å²) in [4.78, 5) is 16.8. The zero-order chi connectivity index (χ0) is 27.7. The van der Waals surface area contributed by atoms with Crippen molar-refractivity contribution in [1.29, 1.82) is 0 Å². The van der Waals surface area contributed by atoms with Gasteiger partial charge in [0.15, 0.2) is 27.3 Å². The van der Waals surface area contributed by atoms with Crippen LogP contribution in [0, 0.1) is 6.92 Å². The summed E-state index contributed by atoms with van der Waals surface area (Å²) in [5.74, 6) is 0.437. The van der Waals surface area contributed by atoms with Crippen molar-refractivity contribution in [2.75, 3.05) is 14.2 Å². The minimum atomic E-state index is -3.91. The van der Waals surface area contributed by atoms with Gasteiger partial charge in [-0.25, -0.2) is 27.9 Å². The fourth-order valence-electron chi connectivity index (χ4n) is 4.25. The zero-order valence-corrected chi connectivity index (χ0v) is 23.0. The quantitative estimate of drug-likeness (QED) is 0.257. The predicted molar refractivity (Wildman–Crippen MR) is 141 cm³/mol. The third kappa shape index (κ3) is 4.93. The second-order valence-electron chi connectivity index (χ2n) is 8.61. The lowest BCUT2D eigenvalue weighted by Gasteiger charge is -2.22. The van der Waals surface area contributed by atoms with Crippen LogP contribution in [-0.4, -0.2) is 72.2 Å². The maximum absolute atomic E-state index is 13.7. The number of sulfone groups is 1. The predicted octanol–water partition coefficient (Wildman–Crippen LogP) is 2.82. The number of nitrogens with zero attached hydrogens (tertiary/aromatic N) is 9. The lowest BCUT2D eigenvalue weighted by molar-refractivity contribution is 0.0948. The van der Waals surface area contributed by atoms with Crippen molar-refractivity contribution >= 4 is 27.0 Å². The molecule has 0 fully saturated rings. The van der Waals surface area contributed by atoms with Gasteiger partial charge in [-0.15, -0.1) is 10.2 Å². The lowest BCUT2D eigenvalue weighted by Crippen LogP contribution is -2.30. The first-order valence-corrected chi connectivity index (χ1v) is 13.8. The molecular weight excluding hydrogens is 546 g/mol. The molecule has 0 aliphatic rings. The minimum absolute atomic E-state index is 0.134. The molecule has 13 nitrogen and oxygen atoms in total. The smallest absolute Gasteiger partial charge is 0.241 e. The van der Waals surface area contributed by atoms with E-state index in [2.05, 4.69) is 35.2 Å². The number of methoxy groups -OCH3 is 2. The fourth-order valence-corrected chi connectivity index (χ4v) is 5.77. The van der Waals surface area contributed by atoms with E-state index in [1.165, 1.54) is 39.9 Å². The van der Waals surface area contributed by atoms with E-state index < -0.39 is 26.9 Å². The highest BCUT2D eigenvalue weighted by molar-refractivity contribution is 7.91. The van der Waals surface area contributed by atoms with Crippen LogP contribution < -0.4 is 4.74 Å². The van der Waals surface area contributed by atoms with Gasteiger partial charge < -0.3 is 9.47 Å². The Morgan fingerprint density at radius 3 is 2.54 bits per heavy atom. The van der Waals surface area contributed by atoms with Gasteiger partial charge in [0.05, 0.1) is 40.4 Å². The average molecular weight is 570 g/mol. The van der Waals surface area contributed by atoms with Gasteiger partial charge in [0.2, 0.25) is 5.88 Å². The molecule has 39 heavy (non-hydrogen) atoms. The van der Waals surface area contributed by atoms with Crippen molar-refractivity contribution in [3.8, 4) is 23.0 Å². The Bertz CT molecular complexity index is 1740. The molecule has 202 valence electrons. The Kier molecular flexibility index (Phi) is 7.25. The topological polar surface area (TPSA) is 152 Å². The second-order valence-corrected chi connectivity index (χ2v) is 11.4. The summed E-state index contributed by atoms with van der Waals surface area (Å²) in [6.45, 7) is 3.30. The van der Waals surface area contributed by atoms with Gasteiger partial charge >= 0.3 is 0 Å². The van der Waals surface area contributed by atoms with Gasteiger partial charge in [0.25, 0.3) is 0 Å². The van der Waals surface area contributed by atoms with Gasteiger partial charge in [-0.2, -0.15) is 10.1 Å². The molecule has 0 saturated heterocycles. The molecule has 0 spiro atoms. The molecule has 15 heteroatoms. The first-order chi connectivity index (χ1) is 18.7. The molecule has 0 amide bonds. The van der Waals surface area contributed by atoms with Gasteiger partial charge in [0, 0.05) is 25.7 Å². The van der Waals surface area contributed by atoms with Crippen molar-refractivity contribution in [3.05, 3.63) is 71.7 Å². The van der Waals surface area contributed by atoms with E-state index >= 15 is 0 Å². The molecule has 0 radical (unpaired) electrons. The molecule has 0 N–H and O–H groups in total. The molecule has 2 atom stereocenters. The SMILES string of the molecule is COc1ncnc(C)c1-n1c(CS(=O)(=O)[C@@H](C)[C@H](OC)c2ncc(Cl)cn2)nnc1-c1cnn2ccccc12. The van der Waals surface area contributed by atoms with Crippen LogP contribution in [0.3, 0.4) is 0 Å². The molecule has 0 saturated carbocycles. The van der Waals surface area contributed by atoms with Crippen molar-refractivity contribution in [2.45, 2.75) is 31.0 Å². The number of halogens is 1. The van der Waals surface area contributed by atoms with E-state index in [9.17, 15) is 8.42 Å². The van der Waals surface area contributed by atoms with Crippen LogP contribution >= 0.6 is 11.6 Å². The zero-order valence-electron chi connectivity index (χ0n) is 21.4. The molecule has 5 rings (SSSR count). The number of rotatable bonds is 9. The van der Waals surface area contributed by atoms with Crippen molar-refractivity contribution in [2.24, 2.45) is 0 Å². The number of aryl methyl sites for hydroxylation is 1. The van der Waals surface area contributed by atoms with Crippen molar-refractivity contribution in [3.63, 3.8) is 0 Å². The highest BCUT2D eigenvalue weighted by Gasteiger charge is 2.35. The Morgan fingerprint density at radius 2 is 1.82 bits per heavy atom. The first kappa shape index (κ1) is 26.6. The van der Waals surface area contributed by atoms with Crippen LogP contribution in [0.15, 0.2) is 49.3 Å². The van der Waals surface area contributed by atoms with Gasteiger partial charge in [-0.05, 0) is 26.0 Å². The molecular formula is C24H24ClN9O4S. The second kappa shape index (κ2) is 10.6. The molecule has 0 aliphatic carbocycles. The van der Waals surface area contributed by atoms with Crippen molar-refractivity contribution in [1.82, 2.24) is 44.3 Å². The fraction of sp³-hybridized carbons (Fsp3) is 0.292. The number of aromatic nitrogens is 9. The van der Waals surface area contributed by atoms with Gasteiger partial charge in [-0.3, -0.25) is 4.57 Å². The highest BCUT2D eigenvalue weighted by atomic mass is 35.5. The average Bonchev–Trinajstić information content (AvgIpc) is 3.53. The van der Waals surface area contributed by atoms with E-state index in [0.717, 1.165) is 5.52 Å². The van der Waals surface area contributed by atoms with E-state index in [-0.39, 0.29) is 17.5 Å². The first-order valence-electron chi connectivity index (χ1n) is 11.7. The highest BCUT2D eigenvalue weighted by Crippen LogP contribution is 2.33. The Labute approximate surface area is 228 Å². The van der Waals surface area contributed by atoms with E-state index in [0.29, 0.717) is 27.8 Å². The largest absolute Gasteiger partial charge is 0.479 e.